The van der Waals surface area contributed by atoms with Gasteiger partial charge in [-0.05, 0) is 80.6 Å². The van der Waals surface area contributed by atoms with E-state index in [0.29, 0.717) is 17.6 Å². The van der Waals surface area contributed by atoms with Crippen molar-refractivity contribution in [2.45, 2.75) is 65.2 Å². The molecule has 4 rings (SSSR count). The zero-order valence-electron chi connectivity index (χ0n) is 14.4. The summed E-state index contributed by atoms with van der Waals surface area (Å²) in [6, 6.07) is 0. The fourth-order valence-corrected chi connectivity index (χ4v) is 7.37. The highest BCUT2D eigenvalue weighted by Gasteiger charge is 2.67. The monoisotopic (exact) mass is 316 g/mol. The number of carbonyl (C=O) groups is 2. The summed E-state index contributed by atoms with van der Waals surface area (Å²) in [6.07, 6.45) is 7.75. The topological polar surface area (TPSA) is 54.4 Å². The van der Waals surface area contributed by atoms with Crippen LogP contribution < -0.4 is 0 Å². The first kappa shape index (κ1) is 15.4. The van der Waals surface area contributed by atoms with Crippen LogP contribution in [0, 0.1) is 34.0 Å². The smallest absolute Gasteiger partial charge is 0.309 e. The molecule has 0 aliphatic heterocycles. The summed E-state index contributed by atoms with van der Waals surface area (Å²) in [5, 5.41) is 9.89. The average Bonchev–Trinajstić information content (AvgIpc) is 2.68. The number of carboxylic acids is 1. The van der Waals surface area contributed by atoms with Gasteiger partial charge in [-0.3, -0.25) is 9.59 Å². The van der Waals surface area contributed by atoms with Crippen LogP contribution in [0.25, 0.3) is 0 Å². The maximum atomic E-state index is 13.0. The van der Waals surface area contributed by atoms with Gasteiger partial charge in [0.15, 0.2) is 5.78 Å². The van der Waals surface area contributed by atoms with Crippen LogP contribution in [0.4, 0.5) is 0 Å². The predicted molar refractivity (Wildman–Crippen MR) is 87.8 cm³/mol. The van der Waals surface area contributed by atoms with Crippen molar-refractivity contribution in [1.29, 1.82) is 0 Å². The molecule has 4 aliphatic rings. The van der Waals surface area contributed by atoms with E-state index in [2.05, 4.69) is 13.5 Å². The Morgan fingerprint density at radius 1 is 1.13 bits per heavy atom. The quantitative estimate of drug-likeness (QED) is 0.737. The Hall–Kier alpha value is -1.12. The normalized spacial score (nSPS) is 52.0. The summed E-state index contributed by atoms with van der Waals surface area (Å²) in [4.78, 5) is 25.1. The SMILES string of the molecule is C=C1C(=O)[C@]23CC[C@@H]4[C@](C)(CCC[C@@]4(C)C(=O)O)[C@H]2CC[C@H]1C3. The second-order valence-corrected chi connectivity index (χ2v) is 9.21. The molecule has 3 nitrogen and oxygen atoms in total. The lowest BCUT2D eigenvalue weighted by Gasteiger charge is -2.62. The van der Waals surface area contributed by atoms with Gasteiger partial charge < -0.3 is 5.11 Å². The lowest BCUT2D eigenvalue weighted by molar-refractivity contribution is -0.182. The molecule has 0 aromatic rings. The van der Waals surface area contributed by atoms with Gasteiger partial charge >= 0.3 is 5.97 Å². The minimum atomic E-state index is -0.639. The predicted octanol–water partition coefficient (Wildman–Crippen LogP) is 4.22. The maximum absolute atomic E-state index is 13.0. The van der Waals surface area contributed by atoms with E-state index >= 15 is 0 Å². The Morgan fingerprint density at radius 2 is 1.87 bits per heavy atom. The van der Waals surface area contributed by atoms with E-state index in [1.807, 2.05) is 6.92 Å². The van der Waals surface area contributed by atoms with Crippen molar-refractivity contribution >= 4 is 11.8 Å². The van der Waals surface area contributed by atoms with E-state index in [4.69, 9.17) is 0 Å². The van der Waals surface area contributed by atoms with Crippen LogP contribution >= 0.6 is 0 Å². The number of carbonyl (C=O) groups excluding carboxylic acids is 1. The van der Waals surface area contributed by atoms with Gasteiger partial charge in [0.2, 0.25) is 0 Å². The summed E-state index contributed by atoms with van der Waals surface area (Å²) in [7, 11) is 0. The Labute approximate surface area is 138 Å². The molecule has 0 aromatic carbocycles. The van der Waals surface area contributed by atoms with E-state index in [1.54, 1.807) is 0 Å². The van der Waals surface area contributed by atoms with Crippen molar-refractivity contribution in [1.82, 2.24) is 0 Å². The van der Waals surface area contributed by atoms with E-state index in [0.717, 1.165) is 56.9 Å². The first-order chi connectivity index (χ1) is 10.8. The van der Waals surface area contributed by atoms with E-state index < -0.39 is 11.4 Å². The number of fused-ring (bicyclic) bond motifs is 3. The summed E-state index contributed by atoms with van der Waals surface area (Å²) < 4.78 is 0. The standard InChI is InChI=1S/C20H28O3/c1-12-13-5-6-15-18(2)8-4-9-19(3,17(22)23)14(18)7-10-20(15,11-13)16(12)21/h13-15H,1,4-11H2,2-3H3,(H,22,23)/t13-,14+,15+,18-,19+,20-/m0/s1. The number of ketones is 1. The Kier molecular flexibility index (Phi) is 3.01. The van der Waals surface area contributed by atoms with Crippen LogP contribution in [0.2, 0.25) is 0 Å². The fourth-order valence-electron chi connectivity index (χ4n) is 7.37. The van der Waals surface area contributed by atoms with Gasteiger partial charge in [-0.2, -0.15) is 0 Å². The van der Waals surface area contributed by atoms with Crippen LogP contribution in [0.15, 0.2) is 12.2 Å². The van der Waals surface area contributed by atoms with Crippen LogP contribution in [-0.4, -0.2) is 16.9 Å². The summed E-state index contributed by atoms with van der Waals surface area (Å²) in [6.45, 7) is 8.36. The van der Waals surface area contributed by atoms with Crippen molar-refractivity contribution in [2.24, 2.45) is 34.0 Å². The summed E-state index contributed by atoms with van der Waals surface area (Å²) >= 11 is 0. The highest BCUT2D eigenvalue weighted by molar-refractivity contribution is 6.03. The van der Waals surface area contributed by atoms with Gasteiger partial charge in [0.05, 0.1) is 5.41 Å². The van der Waals surface area contributed by atoms with Gasteiger partial charge in [-0.15, -0.1) is 0 Å². The van der Waals surface area contributed by atoms with Crippen molar-refractivity contribution in [3.8, 4) is 0 Å². The van der Waals surface area contributed by atoms with Crippen LogP contribution in [0.1, 0.15) is 65.2 Å². The zero-order chi connectivity index (χ0) is 16.6. The minimum absolute atomic E-state index is 0.00507. The number of hydrogen-bond acceptors (Lipinski definition) is 2. The number of allylic oxidation sites excluding steroid dienone is 1. The van der Waals surface area contributed by atoms with Gasteiger partial charge in [-0.25, -0.2) is 0 Å². The Morgan fingerprint density at radius 3 is 2.57 bits per heavy atom. The third kappa shape index (κ3) is 1.66. The molecular formula is C20H28O3. The maximum Gasteiger partial charge on any atom is 0.309 e. The van der Waals surface area contributed by atoms with Crippen LogP contribution in [0.3, 0.4) is 0 Å². The second kappa shape index (κ2) is 4.49. The molecular weight excluding hydrogens is 288 g/mol. The van der Waals surface area contributed by atoms with Crippen LogP contribution in [-0.2, 0) is 9.59 Å². The molecule has 0 unspecified atom stereocenters. The number of Topliss-reactive ketones (excluding diaryl/α,β-unsaturated/α-hetero) is 1. The Bertz CT molecular complexity index is 608. The second-order valence-electron chi connectivity index (χ2n) is 9.21. The summed E-state index contributed by atoms with van der Waals surface area (Å²) in [5.41, 5.74) is 0.0347. The largest absolute Gasteiger partial charge is 0.481 e. The third-order valence-electron chi connectivity index (χ3n) is 8.46. The molecule has 4 fully saturated rings. The number of hydrogen-bond donors (Lipinski definition) is 1. The molecule has 0 radical (unpaired) electrons. The molecule has 0 aromatic heterocycles. The van der Waals surface area contributed by atoms with Crippen molar-refractivity contribution < 1.29 is 14.7 Å². The molecule has 3 heteroatoms. The Balaban J connectivity index is 1.79. The van der Waals surface area contributed by atoms with E-state index in [9.17, 15) is 14.7 Å². The fraction of sp³-hybridized carbons (Fsp3) is 0.800. The third-order valence-corrected chi connectivity index (χ3v) is 8.46. The number of aliphatic carboxylic acids is 1. The molecule has 0 saturated heterocycles. The molecule has 4 aliphatic carbocycles. The first-order valence-electron chi connectivity index (χ1n) is 9.23. The lowest BCUT2D eigenvalue weighted by Crippen LogP contribution is -2.59. The number of rotatable bonds is 1. The lowest BCUT2D eigenvalue weighted by atomic mass is 9.41. The average molecular weight is 316 g/mol. The van der Waals surface area contributed by atoms with E-state index in [-0.39, 0.29) is 16.7 Å². The molecule has 6 atom stereocenters. The molecule has 2 bridgehead atoms. The molecule has 0 heterocycles. The van der Waals surface area contributed by atoms with Crippen molar-refractivity contribution in [2.75, 3.05) is 0 Å². The molecule has 1 N–H and O–H groups in total. The first-order valence-corrected chi connectivity index (χ1v) is 9.23. The molecule has 4 saturated carbocycles. The van der Waals surface area contributed by atoms with Gasteiger partial charge in [0.25, 0.3) is 0 Å². The molecule has 23 heavy (non-hydrogen) atoms. The van der Waals surface area contributed by atoms with Crippen molar-refractivity contribution in [3.05, 3.63) is 12.2 Å². The van der Waals surface area contributed by atoms with E-state index in [1.165, 1.54) is 0 Å². The van der Waals surface area contributed by atoms with Gasteiger partial charge in [0, 0.05) is 5.41 Å². The molecule has 126 valence electrons. The molecule has 0 amide bonds. The van der Waals surface area contributed by atoms with Gasteiger partial charge in [-0.1, -0.05) is 19.9 Å². The minimum Gasteiger partial charge on any atom is -0.481 e. The summed E-state index contributed by atoms with van der Waals surface area (Å²) in [5.74, 6) is 0.645. The van der Waals surface area contributed by atoms with Crippen LogP contribution in [0.5, 0.6) is 0 Å². The highest BCUT2D eigenvalue weighted by Crippen LogP contribution is 2.71. The van der Waals surface area contributed by atoms with Crippen molar-refractivity contribution in [3.63, 3.8) is 0 Å². The molecule has 1 spiro atoms. The number of carboxylic acid groups (broad SMARTS) is 1. The highest BCUT2D eigenvalue weighted by atomic mass is 16.4. The zero-order valence-corrected chi connectivity index (χ0v) is 14.4. The van der Waals surface area contributed by atoms with Gasteiger partial charge in [0.1, 0.15) is 0 Å².